The molecule has 0 unspecified atom stereocenters. The molecule has 0 bridgehead atoms. The quantitative estimate of drug-likeness (QED) is 0.504. The summed E-state index contributed by atoms with van der Waals surface area (Å²) in [6.07, 6.45) is 1.81. The van der Waals surface area contributed by atoms with Gasteiger partial charge in [0.25, 0.3) is 0 Å². The van der Waals surface area contributed by atoms with Gasteiger partial charge < -0.3 is 5.43 Å². The fraction of sp³-hybridized carbons (Fsp3) is 0. The van der Waals surface area contributed by atoms with Crippen molar-refractivity contribution < 1.29 is 0 Å². The highest BCUT2D eigenvalue weighted by Gasteiger charge is 1.86. The summed E-state index contributed by atoms with van der Waals surface area (Å²) in [6, 6.07) is 21.7. The standard InChI is InChI=1S/C9H7N.C6H8N2/c1-2-6-9-8(4-1)5-3-7-10-9;7-8-6-4-2-1-3-5-6/h1-7H;1-5,8H,7H2. The third kappa shape index (κ3) is 3.30. The second kappa shape index (κ2) is 6.37. The molecule has 0 fully saturated rings. The molecule has 0 aliphatic rings. The Morgan fingerprint density at radius 2 is 1.44 bits per heavy atom. The maximum absolute atomic E-state index is 5.10. The first-order valence-electron chi connectivity index (χ1n) is 5.71. The fourth-order valence-corrected chi connectivity index (χ4v) is 1.55. The summed E-state index contributed by atoms with van der Waals surface area (Å²) in [5, 5.41) is 1.20. The van der Waals surface area contributed by atoms with Gasteiger partial charge in [0, 0.05) is 17.3 Å². The number of nitrogens with two attached hydrogens (primary N) is 1. The van der Waals surface area contributed by atoms with Crippen LogP contribution in [0.2, 0.25) is 0 Å². The zero-order valence-electron chi connectivity index (χ0n) is 9.95. The monoisotopic (exact) mass is 237 g/mol. The van der Waals surface area contributed by atoms with Crippen molar-refractivity contribution in [1.29, 1.82) is 0 Å². The van der Waals surface area contributed by atoms with E-state index in [4.69, 9.17) is 5.84 Å². The minimum atomic E-state index is 0.938. The van der Waals surface area contributed by atoms with E-state index in [0.29, 0.717) is 0 Å². The van der Waals surface area contributed by atoms with Gasteiger partial charge in [0.05, 0.1) is 5.52 Å². The highest BCUT2D eigenvalue weighted by Crippen LogP contribution is 2.07. The van der Waals surface area contributed by atoms with E-state index in [9.17, 15) is 0 Å². The Kier molecular flexibility index (Phi) is 4.27. The molecule has 3 N–H and O–H groups in total. The highest BCUT2D eigenvalue weighted by molar-refractivity contribution is 5.77. The predicted octanol–water partition coefficient (Wildman–Crippen LogP) is 3.21. The molecule has 3 aromatic rings. The summed E-state index contributed by atoms with van der Waals surface area (Å²) in [6.45, 7) is 0. The number of benzene rings is 2. The van der Waals surface area contributed by atoms with Crippen molar-refractivity contribution in [2.75, 3.05) is 5.43 Å². The molecular formula is C15H15N3. The number of nitrogens with zero attached hydrogens (tertiary/aromatic N) is 1. The van der Waals surface area contributed by atoms with Gasteiger partial charge in [-0.25, -0.2) is 0 Å². The molecule has 1 aromatic heterocycles. The number of pyridine rings is 1. The number of nitrogen functional groups attached to an aromatic ring is 1. The van der Waals surface area contributed by atoms with E-state index >= 15 is 0 Å². The SMILES string of the molecule is NNc1ccccc1.c1ccc2ncccc2c1. The zero-order chi connectivity index (χ0) is 12.6. The lowest BCUT2D eigenvalue weighted by molar-refractivity contribution is 1.35. The van der Waals surface area contributed by atoms with Crippen LogP contribution < -0.4 is 11.3 Å². The van der Waals surface area contributed by atoms with Gasteiger partial charge in [-0.05, 0) is 24.3 Å². The van der Waals surface area contributed by atoms with Gasteiger partial charge in [0.15, 0.2) is 0 Å². The smallest absolute Gasteiger partial charge is 0.0701 e. The second-order valence-corrected chi connectivity index (χ2v) is 3.71. The van der Waals surface area contributed by atoms with Gasteiger partial charge >= 0.3 is 0 Å². The lowest BCUT2D eigenvalue weighted by atomic mass is 10.2. The Morgan fingerprint density at radius 1 is 0.778 bits per heavy atom. The molecule has 1 heterocycles. The van der Waals surface area contributed by atoms with Crippen LogP contribution in [0.3, 0.4) is 0 Å². The normalized spacial score (nSPS) is 9.39. The molecule has 3 rings (SSSR count). The Labute approximate surface area is 106 Å². The number of aromatic nitrogens is 1. The molecule has 0 radical (unpaired) electrons. The Hall–Kier alpha value is -2.39. The van der Waals surface area contributed by atoms with Gasteiger partial charge in [0.2, 0.25) is 0 Å². The molecule has 0 aliphatic carbocycles. The number of hydrogen-bond donors (Lipinski definition) is 2. The van der Waals surface area contributed by atoms with Crippen molar-refractivity contribution in [3.05, 3.63) is 72.9 Å². The minimum absolute atomic E-state index is 0.938. The average molecular weight is 237 g/mol. The maximum Gasteiger partial charge on any atom is 0.0701 e. The summed E-state index contributed by atoms with van der Waals surface area (Å²) in [5.74, 6) is 5.10. The molecule has 18 heavy (non-hydrogen) atoms. The molecule has 0 saturated carbocycles. The van der Waals surface area contributed by atoms with Crippen LogP contribution in [0.5, 0.6) is 0 Å². The first-order chi connectivity index (χ1) is 8.90. The van der Waals surface area contributed by atoms with Crippen LogP contribution in [0.25, 0.3) is 10.9 Å². The molecule has 0 atom stereocenters. The second-order valence-electron chi connectivity index (χ2n) is 3.71. The number of fused-ring (bicyclic) bond motifs is 1. The minimum Gasteiger partial charge on any atom is -0.324 e. The van der Waals surface area contributed by atoms with Crippen molar-refractivity contribution in [2.24, 2.45) is 5.84 Å². The van der Waals surface area contributed by atoms with Gasteiger partial charge in [-0.3, -0.25) is 10.8 Å². The first-order valence-corrected chi connectivity index (χ1v) is 5.71. The third-order valence-electron chi connectivity index (χ3n) is 2.45. The predicted molar refractivity (Wildman–Crippen MR) is 76.0 cm³/mol. The number of anilines is 1. The molecule has 0 spiro atoms. The van der Waals surface area contributed by atoms with Crippen LogP contribution in [-0.4, -0.2) is 4.98 Å². The maximum atomic E-state index is 5.10. The number of hydrazine groups is 1. The van der Waals surface area contributed by atoms with Crippen LogP contribution in [0.1, 0.15) is 0 Å². The van der Waals surface area contributed by atoms with Crippen LogP contribution in [0, 0.1) is 0 Å². The number of hydrogen-bond acceptors (Lipinski definition) is 3. The van der Waals surface area contributed by atoms with Crippen LogP contribution >= 0.6 is 0 Å². The first kappa shape index (κ1) is 12.1. The van der Waals surface area contributed by atoms with Gasteiger partial charge in [0.1, 0.15) is 0 Å². The van der Waals surface area contributed by atoms with E-state index in [0.717, 1.165) is 11.2 Å². The summed E-state index contributed by atoms with van der Waals surface area (Å²) < 4.78 is 0. The van der Waals surface area contributed by atoms with E-state index < -0.39 is 0 Å². The molecular weight excluding hydrogens is 222 g/mol. The molecule has 0 saturated heterocycles. The van der Waals surface area contributed by atoms with E-state index in [1.54, 1.807) is 0 Å². The van der Waals surface area contributed by atoms with Gasteiger partial charge in [-0.2, -0.15) is 0 Å². The molecule has 0 amide bonds. The highest BCUT2D eigenvalue weighted by atomic mass is 15.2. The lowest BCUT2D eigenvalue weighted by Crippen LogP contribution is -2.05. The number of rotatable bonds is 1. The van der Waals surface area contributed by atoms with Crippen molar-refractivity contribution >= 4 is 16.6 Å². The lowest BCUT2D eigenvalue weighted by Gasteiger charge is -1.94. The molecule has 0 aliphatic heterocycles. The summed E-state index contributed by atoms with van der Waals surface area (Å²) >= 11 is 0. The van der Waals surface area contributed by atoms with Gasteiger partial charge in [-0.1, -0.05) is 42.5 Å². The summed E-state index contributed by atoms with van der Waals surface area (Å²) in [4.78, 5) is 4.18. The van der Waals surface area contributed by atoms with E-state index in [2.05, 4.69) is 22.5 Å². The average Bonchev–Trinajstić information content (AvgIpc) is 2.49. The van der Waals surface area contributed by atoms with E-state index in [1.807, 2.05) is 60.8 Å². The number of para-hydroxylation sites is 2. The molecule has 90 valence electrons. The van der Waals surface area contributed by atoms with Crippen LogP contribution in [0.4, 0.5) is 5.69 Å². The molecule has 2 aromatic carbocycles. The third-order valence-corrected chi connectivity index (χ3v) is 2.45. The summed E-state index contributed by atoms with van der Waals surface area (Å²) in [7, 11) is 0. The largest absolute Gasteiger partial charge is 0.324 e. The Balaban J connectivity index is 0.000000138. The molecule has 3 heteroatoms. The topological polar surface area (TPSA) is 50.9 Å². The number of nitrogens with one attached hydrogen (secondary N) is 1. The Bertz CT molecular complexity index is 528. The zero-order valence-corrected chi connectivity index (χ0v) is 9.95. The van der Waals surface area contributed by atoms with E-state index in [-0.39, 0.29) is 0 Å². The van der Waals surface area contributed by atoms with Crippen molar-refractivity contribution in [1.82, 2.24) is 4.98 Å². The van der Waals surface area contributed by atoms with E-state index in [1.165, 1.54) is 5.39 Å². The molecule has 3 nitrogen and oxygen atoms in total. The van der Waals surface area contributed by atoms with Crippen molar-refractivity contribution in [3.8, 4) is 0 Å². The Morgan fingerprint density at radius 3 is 2.11 bits per heavy atom. The summed E-state index contributed by atoms with van der Waals surface area (Å²) in [5.41, 5.74) is 4.52. The fourth-order valence-electron chi connectivity index (χ4n) is 1.55. The van der Waals surface area contributed by atoms with Crippen LogP contribution in [0.15, 0.2) is 72.9 Å². The van der Waals surface area contributed by atoms with Crippen molar-refractivity contribution in [2.45, 2.75) is 0 Å². The van der Waals surface area contributed by atoms with Gasteiger partial charge in [-0.15, -0.1) is 0 Å². The van der Waals surface area contributed by atoms with Crippen LogP contribution in [-0.2, 0) is 0 Å². The van der Waals surface area contributed by atoms with Crippen molar-refractivity contribution in [3.63, 3.8) is 0 Å².